The van der Waals surface area contributed by atoms with Gasteiger partial charge < -0.3 is 28.5 Å². The first-order valence-corrected chi connectivity index (χ1v) is 6.10. The average molecular weight is 317 g/mol. The Bertz CT molecular complexity index is 102. The van der Waals surface area contributed by atoms with Crippen LogP contribution < -0.4 is 24.0 Å². The highest BCUT2D eigenvalue weighted by atomic mass is 127. The van der Waals surface area contributed by atoms with Crippen LogP contribution >= 0.6 is 11.8 Å². The van der Waals surface area contributed by atoms with E-state index >= 15 is 0 Å². The summed E-state index contributed by atoms with van der Waals surface area (Å²) in [7, 11) is 6.77. The van der Waals surface area contributed by atoms with Crippen molar-refractivity contribution < 1.29 is 28.5 Å². The molecule has 0 saturated heterocycles. The predicted octanol–water partition coefficient (Wildman–Crippen LogP) is -0.380. The molecule has 3 heteroatoms. The maximum Gasteiger partial charge on any atom is 0.0872 e. The highest BCUT2D eigenvalue weighted by molar-refractivity contribution is 7.99. The lowest BCUT2D eigenvalue weighted by Crippen LogP contribution is -3.00. The molecule has 0 radical (unpaired) electrons. The predicted molar refractivity (Wildman–Crippen MR) is 59.7 cm³/mol. The van der Waals surface area contributed by atoms with Gasteiger partial charge in [-0.3, -0.25) is 0 Å². The molecular weight excluding hydrogens is 293 g/mol. The Hall–Kier alpha value is 1.04. The van der Waals surface area contributed by atoms with Gasteiger partial charge in [-0.1, -0.05) is 19.8 Å². The molecule has 0 aromatic rings. The van der Waals surface area contributed by atoms with E-state index in [9.17, 15) is 0 Å². The van der Waals surface area contributed by atoms with Crippen molar-refractivity contribution in [1.82, 2.24) is 0 Å². The fourth-order valence-corrected chi connectivity index (χ4v) is 2.18. The van der Waals surface area contributed by atoms with Gasteiger partial charge >= 0.3 is 0 Å². The summed E-state index contributed by atoms with van der Waals surface area (Å²) < 4.78 is 1.10. The third-order valence-corrected chi connectivity index (χ3v) is 2.85. The number of hydrogen-bond acceptors (Lipinski definition) is 1. The summed E-state index contributed by atoms with van der Waals surface area (Å²) >= 11 is 2.10. The molecule has 82 valence electrons. The van der Waals surface area contributed by atoms with Gasteiger partial charge in [-0.25, -0.2) is 0 Å². The molecular formula is C10H24INS. The summed E-state index contributed by atoms with van der Waals surface area (Å²) in [6.45, 7) is 3.55. The van der Waals surface area contributed by atoms with Crippen molar-refractivity contribution >= 4 is 11.8 Å². The lowest BCUT2D eigenvalue weighted by molar-refractivity contribution is -0.867. The third-order valence-electron chi connectivity index (χ3n) is 1.80. The summed E-state index contributed by atoms with van der Waals surface area (Å²) in [5.74, 6) is 2.67. The van der Waals surface area contributed by atoms with E-state index in [0.717, 1.165) is 4.48 Å². The molecule has 0 N–H and O–H groups in total. The van der Waals surface area contributed by atoms with E-state index in [1.807, 2.05) is 0 Å². The number of halogens is 1. The molecule has 0 spiro atoms. The van der Waals surface area contributed by atoms with Gasteiger partial charge in [0.2, 0.25) is 0 Å². The second-order valence-electron chi connectivity index (χ2n) is 4.33. The summed E-state index contributed by atoms with van der Waals surface area (Å²) in [6.07, 6.45) is 4.14. The fourth-order valence-electron chi connectivity index (χ4n) is 0.895. The molecule has 0 aromatic heterocycles. The lowest BCUT2D eigenvalue weighted by atomic mass is 10.3. The van der Waals surface area contributed by atoms with Crippen LogP contribution in [-0.2, 0) is 0 Å². The van der Waals surface area contributed by atoms with Crippen molar-refractivity contribution in [3.8, 4) is 0 Å². The van der Waals surface area contributed by atoms with E-state index in [1.54, 1.807) is 0 Å². The maximum atomic E-state index is 2.26. The van der Waals surface area contributed by atoms with Gasteiger partial charge in [0.15, 0.2) is 0 Å². The Morgan fingerprint density at radius 2 is 1.62 bits per heavy atom. The second-order valence-corrected chi connectivity index (χ2v) is 5.56. The van der Waals surface area contributed by atoms with Crippen LogP contribution in [0.1, 0.15) is 26.2 Å². The molecule has 0 aliphatic heterocycles. The Morgan fingerprint density at radius 1 is 1.00 bits per heavy atom. The van der Waals surface area contributed by atoms with Gasteiger partial charge in [0.05, 0.1) is 27.7 Å². The van der Waals surface area contributed by atoms with Crippen LogP contribution in [0.3, 0.4) is 0 Å². The second kappa shape index (κ2) is 9.59. The Morgan fingerprint density at radius 3 is 2.08 bits per heavy atom. The van der Waals surface area contributed by atoms with Crippen LogP contribution in [-0.4, -0.2) is 43.7 Å². The zero-order valence-electron chi connectivity index (χ0n) is 9.48. The molecule has 0 aliphatic carbocycles. The van der Waals surface area contributed by atoms with Gasteiger partial charge in [-0.15, -0.1) is 0 Å². The Balaban J connectivity index is 0. The SMILES string of the molecule is CCCCCSCC[N+](C)(C)C.[I-]. The topological polar surface area (TPSA) is 0 Å². The minimum Gasteiger partial charge on any atom is -1.00 e. The molecule has 0 bridgehead atoms. The van der Waals surface area contributed by atoms with Crippen molar-refractivity contribution in [2.24, 2.45) is 0 Å². The molecule has 0 amide bonds. The number of quaternary nitrogens is 1. The van der Waals surface area contributed by atoms with Crippen LogP contribution in [0.2, 0.25) is 0 Å². The lowest BCUT2D eigenvalue weighted by Gasteiger charge is -2.23. The molecule has 0 fully saturated rings. The van der Waals surface area contributed by atoms with Crippen LogP contribution in [0.4, 0.5) is 0 Å². The van der Waals surface area contributed by atoms with Gasteiger partial charge in [-0.2, -0.15) is 11.8 Å². The summed E-state index contributed by atoms with van der Waals surface area (Å²) in [4.78, 5) is 0. The average Bonchev–Trinajstić information content (AvgIpc) is 1.94. The summed E-state index contributed by atoms with van der Waals surface area (Å²) in [5.41, 5.74) is 0. The normalized spacial score (nSPS) is 11.1. The number of hydrogen-bond donors (Lipinski definition) is 0. The molecule has 0 saturated carbocycles. The van der Waals surface area contributed by atoms with Crippen molar-refractivity contribution in [3.05, 3.63) is 0 Å². The molecule has 0 aromatic carbocycles. The van der Waals surface area contributed by atoms with Gasteiger partial charge in [0, 0.05) is 5.75 Å². The quantitative estimate of drug-likeness (QED) is 0.350. The van der Waals surface area contributed by atoms with Gasteiger partial charge in [0.1, 0.15) is 0 Å². The van der Waals surface area contributed by atoms with E-state index < -0.39 is 0 Å². The monoisotopic (exact) mass is 317 g/mol. The Labute approximate surface area is 105 Å². The van der Waals surface area contributed by atoms with Crippen molar-refractivity contribution in [2.75, 3.05) is 39.2 Å². The summed E-state index contributed by atoms with van der Waals surface area (Å²) in [5, 5.41) is 0. The van der Waals surface area contributed by atoms with Gasteiger partial charge in [0.25, 0.3) is 0 Å². The Kier molecular flexibility index (Phi) is 12.1. The smallest absolute Gasteiger partial charge is 0.0872 e. The van der Waals surface area contributed by atoms with Crippen LogP contribution in [0.25, 0.3) is 0 Å². The molecule has 0 unspecified atom stereocenters. The first kappa shape index (κ1) is 16.5. The van der Waals surface area contributed by atoms with Crippen LogP contribution in [0.5, 0.6) is 0 Å². The van der Waals surface area contributed by atoms with E-state index in [1.165, 1.54) is 37.3 Å². The van der Waals surface area contributed by atoms with Crippen LogP contribution in [0.15, 0.2) is 0 Å². The minimum atomic E-state index is 0. The molecule has 13 heavy (non-hydrogen) atoms. The maximum absolute atomic E-state index is 2.26. The molecule has 0 heterocycles. The van der Waals surface area contributed by atoms with Gasteiger partial charge in [-0.05, 0) is 12.2 Å². The first-order valence-electron chi connectivity index (χ1n) is 4.94. The van der Waals surface area contributed by atoms with E-state index in [2.05, 4.69) is 39.8 Å². The van der Waals surface area contributed by atoms with Crippen molar-refractivity contribution in [3.63, 3.8) is 0 Å². The first-order chi connectivity index (χ1) is 5.56. The minimum absolute atomic E-state index is 0. The highest BCUT2D eigenvalue weighted by Gasteiger charge is 2.04. The molecule has 0 atom stereocenters. The number of thioether (sulfide) groups is 1. The molecule has 1 nitrogen and oxygen atoms in total. The summed E-state index contributed by atoms with van der Waals surface area (Å²) in [6, 6.07) is 0. The van der Waals surface area contributed by atoms with E-state index in [-0.39, 0.29) is 24.0 Å². The number of unbranched alkanes of at least 4 members (excludes halogenated alkanes) is 2. The van der Waals surface area contributed by atoms with Crippen LogP contribution in [0, 0.1) is 0 Å². The highest BCUT2D eigenvalue weighted by Crippen LogP contribution is 2.07. The number of rotatable bonds is 7. The zero-order valence-corrected chi connectivity index (χ0v) is 12.5. The standard InChI is InChI=1S/C10H24NS.HI/c1-5-6-7-9-12-10-8-11(2,3)4;/h5-10H2,1-4H3;1H/q+1;/p-1. The number of nitrogens with zero attached hydrogens (tertiary/aromatic N) is 1. The zero-order chi connectivity index (χ0) is 9.45. The van der Waals surface area contributed by atoms with E-state index in [4.69, 9.17) is 0 Å². The largest absolute Gasteiger partial charge is 1.00 e. The van der Waals surface area contributed by atoms with Crippen molar-refractivity contribution in [1.29, 1.82) is 0 Å². The molecule has 0 rings (SSSR count). The fraction of sp³-hybridized carbons (Fsp3) is 1.00. The third kappa shape index (κ3) is 15.8. The molecule has 0 aliphatic rings. The van der Waals surface area contributed by atoms with E-state index in [0.29, 0.717) is 0 Å². The van der Waals surface area contributed by atoms with Crippen molar-refractivity contribution in [2.45, 2.75) is 26.2 Å².